The second-order valence-corrected chi connectivity index (χ2v) is 9.26. The van der Waals surface area contributed by atoms with Gasteiger partial charge in [0, 0.05) is 30.9 Å². The summed E-state index contributed by atoms with van der Waals surface area (Å²) >= 11 is 0. The van der Waals surface area contributed by atoms with Crippen molar-refractivity contribution in [2.45, 2.75) is 12.7 Å². The minimum Gasteiger partial charge on any atom is -0.379 e. The maximum atomic E-state index is 13.2. The highest BCUT2D eigenvalue weighted by Gasteiger charge is 2.31. The van der Waals surface area contributed by atoms with Crippen molar-refractivity contribution in [3.8, 4) is 5.69 Å². The van der Waals surface area contributed by atoms with Crippen LogP contribution < -0.4 is 10.6 Å². The molecule has 0 radical (unpaired) electrons. The number of aromatic nitrogens is 2. The van der Waals surface area contributed by atoms with Gasteiger partial charge in [-0.3, -0.25) is 24.4 Å². The summed E-state index contributed by atoms with van der Waals surface area (Å²) in [6.07, 6.45) is -3.44. The van der Waals surface area contributed by atoms with Gasteiger partial charge in [0.25, 0.3) is 5.91 Å². The van der Waals surface area contributed by atoms with Crippen LogP contribution in [0.1, 0.15) is 21.5 Å². The molecule has 5 rings (SSSR count). The molecule has 3 aromatic carbocycles. The van der Waals surface area contributed by atoms with Gasteiger partial charge in [-0.2, -0.15) is 13.2 Å². The molecule has 1 fully saturated rings. The maximum Gasteiger partial charge on any atom is 0.416 e. The number of ether oxygens (including phenoxy) is 1. The number of anilines is 2. The fraction of sp³-hybridized carbons (Fsp3) is 0.207. The van der Waals surface area contributed by atoms with Gasteiger partial charge in [-0.05, 0) is 60.2 Å². The van der Waals surface area contributed by atoms with Crippen LogP contribution in [0.4, 0.5) is 24.8 Å². The molecular weight excluding hydrogens is 523 g/mol. The number of benzene rings is 3. The lowest BCUT2D eigenvalue weighted by atomic mass is 10.1. The number of carbonyl (C=O) groups is 2. The van der Waals surface area contributed by atoms with E-state index in [0.717, 1.165) is 36.9 Å². The Morgan fingerprint density at radius 1 is 1.00 bits per heavy atom. The molecule has 0 spiro atoms. The summed E-state index contributed by atoms with van der Waals surface area (Å²) in [5, 5.41) is 5.38. The molecule has 0 bridgehead atoms. The zero-order valence-corrected chi connectivity index (χ0v) is 21.4. The van der Waals surface area contributed by atoms with E-state index in [9.17, 15) is 22.8 Å². The maximum absolute atomic E-state index is 13.2. The first-order valence-electron chi connectivity index (χ1n) is 12.6. The van der Waals surface area contributed by atoms with Gasteiger partial charge < -0.3 is 10.1 Å². The molecule has 1 aliphatic rings. The Hall–Kier alpha value is -4.48. The average Bonchev–Trinajstić information content (AvgIpc) is 3.30. The summed E-state index contributed by atoms with van der Waals surface area (Å²) < 4.78 is 46.9. The van der Waals surface area contributed by atoms with Crippen LogP contribution >= 0.6 is 0 Å². The van der Waals surface area contributed by atoms with Gasteiger partial charge in [-0.15, -0.1) is 0 Å². The van der Waals surface area contributed by atoms with Gasteiger partial charge in [-0.25, -0.2) is 4.98 Å². The van der Waals surface area contributed by atoms with E-state index in [2.05, 4.69) is 27.1 Å². The molecule has 2 amide bonds. The van der Waals surface area contributed by atoms with Gasteiger partial charge >= 0.3 is 6.18 Å². The Balaban J connectivity index is 1.54. The normalized spacial score (nSPS) is 14.2. The second kappa shape index (κ2) is 11.3. The van der Waals surface area contributed by atoms with Crippen LogP contribution in [0.25, 0.3) is 16.7 Å². The quantitative estimate of drug-likeness (QED) is 0.308. The van der Waals surface area contributed by atoms with Crippen molar-refractivity contribution in [1.82, 2.24) is 14.5 Å². The van der Waals surface area contributed by atoms with Gasteiger partial charge in [0.2, 0.25) is 11.9 Å². The zero-order chi connectivity index (χ0) is 28.3. The molecule has 2 heterocycles. The Morgan fingerprint density at radius 3 is 2.52 bits per heavy atom. The van der Waals surface area contributed by atoms with Crippen LogP contribution in [0.15, 0.2) is 79.4 Å². The van der Waals surface area contributed by atoms with Crippen LogP contribution in [0.3, 0.4) is 0 Å². The molecule has 4 aromatic rings. The standard InChI is InChI=1S/C29H26F3N5O3/c1-2-26(38)33-22-7-4-8-23(17-22)37-25-10-9-19(18-36-11-13-40-14-12-36)15-24(25)34-28(37)35-27(39)20-5-3-6-21(16-20)29(30,31)32/h2-10,15-17H,1,11-14,18H2,(H,33,38)(H,34,35,39). The summed E-state index contributed by atoms with van der Waals surface area (Å²) in [5.41, 5.74) is 2.25. The van der Waals surface area contributed by atoms with E-state index in [1.807, 2.05) is 18.2 Å². The number of imidazole rings is 1. The predicted molar refractivity (Wildman–Crippen MR) is 145 cm³/mol. The molecule has 8 nitrogen and oxygen atoms in total. The molecular formula is C29H26F3N5O3. The monoisotopic (exact) mass is 549 g/mol. The van der Waals surface area contributed by atoms with Crippen molar-refractivity contribution in [3.63, 3.8) is 0 Å². The molecule has 11 heteroatoms. The third kappa shape index (κ3) is 6.05. The number of morpholine rings is 1. The van der Waals surface area contributed by atoms with Crippen LogP contribution in [-0.2, 0) is 22.3 Å². The summed E-state index contributed by atoms with van der Waals surface area (Å²) in [7, 11) is 0. The molecule has 0 unspecified atom stereocenters. The number of hydrogen-bond donors (Lipinski definition) is 2. The van der Waals surface area contributed by atoms with Gasteiger partial charge in [0.1, 0.15) is 0 Å². The Morgan fingerprint density at radius 2 is 1.77 bits per heavy atom. The number of nitrogens with one attached hydrogen (secondary N) is 2. The van der Waals surface area contributed by atoms with Crippen molar-refractivity contribution in [1.29, 1.82) is 0 Å². The Labute approximate surface area is 228 Å². The van der Waals surface area contributed by atoms with Crippen molar-refractivity contribution in [3.05, 3.63) is 96.1 Å². The second-order valence-electron chi connectivity index (χ2n) is 9.26. The van der Waals surface area contributed by atoms with Crippen LogP contribution in [0.2, 0.25) is 0 Å². The van der Waals surface area contributed by atoms with Crippen LogP contribution in [-0.4, -0.2) is 52.6 Å². The summed E-state index contributed by atoms with van der Waals surface area (Å²) in [4.78, 5) is 31.9. The van der Waals surface area contributed by atoms with Gasteiger partial charge in [0.05, 0.1) is 35.5 Å². The highest BCUT2D eigenvalue weighted by atomic mass is 19.4. The predicted octanol–water partition coefficient (Wildman–Crippen LogP) is 5.25. The molecule has 1 aliphatic heterocycles. The molecule has 0 aliphatic carbocycles. The van der Waals surface area contributed by atoms with Crippen molar-refractivity contribution < 1.29 is 27.5 Å². The van der Waals surface area contributed by atoms with Crippen LogP contribution in [0.5, 0.6) is 0 Å². The molecule has 2 N–H and O–H groups in total. The zero-order valence-electron chi connectivity index (χ0n) is 21.4. The first kappa shape index (κ1) is 27.1. The van der Waals surface area contributed by atoms with E-state index in [0.29, 0.717) is 42.2 Å². The number of nitrogens with zero attached hydrogens (tertiary/aromatic N) is 3. The highest BCUT2D eigenvalue weighted by molar-refractivity contribution is 6.04. The largest absolute Gasteiger partial charge is 0.416 e. The summed E-state index contributed by atoms with van der Waals surface area (Å²) in [6.45, 7) is 7.12. The van der Waals surface area contributed by atoms with E-state index in [1.54, 1.807) is 28.8 Å². The molecule has 1 saturated heterocycles. The molecule has 1 aromatic heterocycles. The minimum atomic E-state index is -4.59. The van der Waals surface area contributed by atoms with E-state index >= 15 is 0 Å². The highest BCUT2D eigenvalue weighted by Crippen LogP contribution is 2.31. The Bertz CT molecular complexity index is 1570. The summed E-state index contributed by atoms with van der Waals surface area (Å²) in [5.74, 6) is -1.01. The van der Waals surface area contributed by atoms with E-state index in [4.69, 9.17) is 4.74 Å². The van der Waals surface area contributed by atoms with Crippen LogP contribution in [0, 0.1) is 0 Å². The van der Waals surface area contributed by atoms with Crippen molar-refractivity contribution >= 4 is 34.5 Å². The third-order valence-electron chi connectivity index (χ3n) is 6.46. The van der Waals surface area contributed by atoms with E-state index in [1.165, 1.54) is 12.1 Å². The number of carbonyl (C=O) groups excluding carboxylic acids is 2. The first-order chi connectivity index (χ1) is 19.2. The van der Waals surface area contributed by atoms with Crippen molar-refractivity contribution in [2.24, 2.45) is 0 Å². The minimum absolute atomic E-state index is 0.119. The molecule has 0 atom stereocenters. The number of hydrogen-bond acceptors (Lipinski definition) is 5. The fourth-order valence-corrected chi connectivity index (χ4v) is 4.51. The molecule has 206 valence electrons. The summed E-state index contributed by atoms with van der Waals surface area (Å²) in [6, 6.07) is 16.9. The lowest BCUT2D eigenvalue weighted by molar-refractivity contribution is -0.137. The van der Waals surface area contributed by atoms with E-state index in [-0.39, 0.29) is 11.5 Å². The Kier molecular flexibility index (Phi) is 7.67. The van der Waals surface area contributed by atoms with Crippen molar-refractivity contribution in [2.75, 3.05) is 36.9 Å². The number of rotatable bonds is 7. The fourth-order valence-electron chi connectivity index (χ4n) is 4.51. The average molecular weight is 550 g/mol. The van der Waals surface area contributed by atoms with Gasteiger partial charge in [-0.1, -0.05) is 24.8 Å². The smallest absolute Gasteiger partial charge is 0.379 e. The topological polar surface area (TPSA) is 88.5 Å². The third-order valence-corrected chi connectivity index (χ3v) is 6.46. The lowest BCUT2D eigenvalue weighted by Crippen LogP contribution is -2.35. The first-order valence-corrected chi connectivity index (χ1v) is 12.6. The number of fused-ring (bicyclic) bond motifs is 1. The van der Waals surface area contributed by atoms with Gasteiger partial charge in [0.15, 0.2) is 0 Å². The number of amides is 2. The SMILES string of the molecule is C=CC(=O)Nc1cccc(-n2c(NC(=O)c3cccc(C(F)(F)F)c3)nc3cc(CN4CCOCC4)ccc32)c1. The molecule has 40 heavy (non-hydrogen) atoms. The number of alkyl halides is 3. The van der Waals surface area contributed by atoms with E-state index < -0.39 is 23.6 Å². The molecule has 0 saturated carbocycles. The lowest BCUT2D eigenvalue weighted by Gasteiger charge is -2.26. The number of halogens is 3.